The highest BCUT2D eigenvalue weighted by Gasteiger charge is 2.31. The lowest BCUT2D eigenvalue weighted by Crippen LogP contribution is -2.46. The first-order chi connectivity index (χ1) is 8.56. The minimum absolute atomic E-state index is 0.163. The fourth-order valence-electron chi connectivity index (χ4n) is 1.29. The molecular formula is C13H24N2O4. The second-order valence-corrected chi connectivity index (χ2v) is 5.79. The van der Waals surface area contributed by atoms with Crippen molar-refractivity contribution in [3.63, 3.8) is 0 Å². The Kier molecular flexibility index (Phi) is 6.52. The Labute approximate surface area is 113 Å². The van der Waals surface area contributed by atoms with Crippen molar-refractivity contribution < 1.29 is 19.5 Å². The molecule has 1 atom stereocenters. The van der Waals surface area contributed by atoms with Gasteiger partial charge >= 0.3 is 5.97 Å². The first-order valence-electron chi connectivity index (χ1n) is 6.36. The van der Waals surface area contributed by atoms with Gasteiger partial charge in [0.15, 0.2) is 0 Å². The van der Waals surface area contributed by atoms with E-state index >= 15 is 0 Å². The van der Waals surface area contributed by atoms with Crippen LogP contribution in [0.25, 0.3) is 0 Å². The molecule has 3 N–H and O–H groups in total. The zero-order chi connectivity index (χ0) is 15.2. The van der Waals surface area contributed by atoms with E-state index in [2.05, 4.69) is 10.6 Å². The molecule has 6 heteroatoms. The highest BCUT2D eigenvalue weighted by molar-refractivity contribution is 5.89. The Balaban J connectivity index is 4.26. The third-order valence-electron chi connectivity index (χ3n) is 2.64. The Bertz CT molecular complexity index is 351. The molecule has 0 saturated heterocycles. The van der Waals surface area contributed by atoms with Crippen LogP contribution in [0.5, 0.6) is 0 Å². The van der Waals surface area contributed by atoms with Crippen LogP contribution >= 0.6 is 0 Å². The number of aliphatic carboxylic acids is 1. The zero-order valence-electron chi connectivity index (χ0n) is 12.2. The summed E-state index contributed by atoms with van der Waals surface area (Å²) in [6, 6.07) is -0.671. The molecule has 0 aliphatic heterocycles. The monoisotopic (exact) mass is 272 g/mol. The van der Waals surface area contributed by atoms with Gasteiger partial charge in [-0.15, -0.1) is 0 Å². The van der Waals surface area contributed by atoms with E-state index in [0.717, 1.165) is 0 Å². The summed E-state index contributed by atoms with van der Waals surface area (Å²) in [5.74, 6) is -1.42. The number of hydrogen-bond donors (Lipinski definition) is 3. The topological polar surface area (TPSA) is 95.5 Å². The van der Waals surface area contributed by atoms with Crippen molar-refractivity contribution in [3.8, 4) is 0 Å². The number of carbonyl (C=O) groups excluding carboxylic acids is 2. The highest BCUT2D eigenvalue weighted by atomic mass is 16.4. The van der Waals surface area contributed by atoms with Gasteiger partial charge in [-0.05, 0) is 26.7 Å². The average molecular weight is 272 g/mol. The predicted molar refractivity (Wildman–Crippen MR) is 71.5 cm³/mol. The van der Waals surface area contributed by atoms with E-state index in [9.17, 15) is 14.4 Å². The highest BCUT2D eigenvalue weighted by Crippen LogP contribution is 2.20. The zero-order valence-corrected chi connectivity index (χ0v) is 12.2. The molecule has 0 spiro atoms. The van der Waals surface area contributed by atoms with Crippen molar-refractivity contribution in [2.75, 3.05) is 6.54 Å². The van der Waals surface area contributed by atoms with Gasteiger partial charge in [0.1, 0.15) is 6.04 Å². The number of carboxylic acid groups (broad SMARTS) is 1. The molecule has 6 nitrogen and oxygen atoms in total. The van der Waals surface area contributed by atoms with Crippen LogP contribution in [-0.4, -0.2) is 35.5 Å². The van der Waals surface area contributed by atoms with Crippen LogP contribution in [0.1, 0.15) is 41.0 Å². The number of hydrogen-bond acceptors (Lipinski definition) is 3. The van der Waals surface area contributed by atoms with Crippen molar-refractivity contribution in [1.29, 1.82) is 0 Å². The third kappa shape index (κ3) is 6.79. The molecule has 0 bridgehead atoms. The summed E-state index contributed by atoms with van der Waals surface area (Å²) in [4.78, 5) is 34.2. The van der Waals surface area contributed by atoms with Gasteiger partial charge in [-0.25, -0.2) is 0 Å². The predicted octanol–water partition coefficient (Wildman–Crippen LogP) is 0.764. The van der Waals surface area contributed by atoms with Crippen LogP contribution in [0.3, 0.4) is 0 Å². The second-order valence-electron chi connectivity index (χ2n) is 5.79. The molecule has 0 aromatic carbocycles. The minimum Gasteiger partial charge on any atom is -0.481 e. The molecule has 0 rings (SSSR count). The van der Waals surface area contributed by atoms with E-state index < -0.39 is 23.3 Å². The summed E-state index contributed by atoms with van der Waals surface area (Å²) < 4.78 is 0. The molecule has 0 aromatic heterocycles. The normalized spacial score (nSPS) is 12.9. The molecule has 0 fully saturated rings. The summed E-state index contributed by atoms with van der Waals surface area (Å²) in [7, 11) is 0. The quantitative estimate of drug-likeness (QED) is 0.637. The van der Waals surface area contributed by atoms with Crippen molar-refractivity contribution in [3.05, 3.63) is 0 Å². The largest absolute Gasteiger partial charge is 0.481 e. The van der Waals surface area contributed by atoms with Crippen molar-refractivity contribution in [2.24, 2.45) is 11.3 Å². The van der Waals surface area contributed by atoms with Gasteiger partial charge in [0, 0.05) is 13.0 Å². The summed E-state index contributed by atoms with van der Waals surface area (Å²) in [6.45, 7) is 9.00. The van der Waals surface area contributed by atoms with Gasteiger partial charge in [-0.2, -0.15) is 0 Å². The van der Waals surface area contributed by atoms with Gasteiger partial charge in [-0.3, -0.25) is 14.4 Å². The fraction of sp³-hybridized carbons (Fsp3) is 0.769. The smallest absolute Gasteiger partial charge is 0.309 e. The Morgan fingerprint density at radius 2 is 1.68 bits per heavy atom. The lowest BCUT2D eigenvalue weighted by Gasteiger charge is -2.20. The van der Waals surface area contributed by atoms with Gasteiger partial charge in [0.25, 0.3) is 0 Å². The SMILES string of the molecule is CC(C)CNC(=O)C(C)NC(=O)CC(C)(C)C(=O)O. The average Bonchev–Trinajstić information content (AvgIpc) is 2.24. The Morgan fingerprint density at radius 1 is 1.16 bits per heavy atom. The van der Waals surface area contributed by atoms with E-state index in [0.29, 0.717) is 12.5 Å². The van der Waals surface area contributed by atoms with Crippen LogP contribution in [0.4, 0.5) is 0 Å². The molecule has 0 aromatic rings. The maximum absolute atomic E-state index is 11.7. The van der Waals surface area contributed by atoms with Crippen molar-refractivity contribution in [2.45, 2.75) is 47.1 Å². The van der Waals surface area contributed by atoms with E-state index in [1.165, 1.54) is 13.8 Å². The van der Waals surface area contributed by atoms with Gasteiger partial charge in [0.2, 0.25) is 11.8 Å². The Morgan fingerprint density at radius 3 is 2.11 bits per heavy atom. The molecule has 19 heavy (non-hydrogen) atoms. The number of rotatable bonds is 7. The van der Waals surface area contributed by atoms with Gasteiger partial charge in [0.05, 0.1) is 5.41 Å². The molecule has 0 aliphatic rings. The van der Waals surface area contributed by atoms with E-state index in [1.54, 1.807) is 6.92 Å². The van der Waals surface area contributed by atoms with Crippen LogP contribution in [0.15, 0.2) is 0 Å². The molecule has 110 valence electrons. The lowest BCUT2D eigenvalue weighted by molar-refractivity contribution is -0.149. The summed E-state index contributed by atoms with van der Waals surface area (Å²) >= 11 is 0. The van der Waals surface area contributed by atoms with Crippen LogP contribution in [-0.2, 0) is 14.4 Å². The molecule has 0 saturated carbocycles. The van der Waals surface area contributed by atoms with E-state index in [1.807, 2.05) is 13.8 Å². The molecule has 0 radical (unpaired) electrons. The molecule has 0 aliphatic carbocycles. The van der Waals surface area contributed by atoms with Crippen LogP contribution < -0.4 is 10.6 Å². The van der Waals surface area contributed by atoms with Crippen molar-refractivity contribution in [1.82, 2.24) is 10.6 Å². The number of carboxylic acids is 1. The maximum atomic E-state index is 11.7. The summed E-state index contributed by atoms with van der Waals surface area (Å²) in [5.41, 5.74) is -1.14. The van der Waals surface area contributed by atoms with Crippen LogP contribution in [0, 0.1) is 11.3 Å². The summed E-state index contributed by atoms with van der Waals surface area (Å²) in [6.07, 6.45) is -0.163. The summed E-state index contributed by atoms with van der Waals surface area (Å²) in [5, 5.41) is 14.1. The second kappa shape index (κ2) is 7.11. The van der Waals surface area contributed by atoms with Crippen molar-refractivity contribution >= 4 is 17.8 Å². The Hall–Kier alpha value is -1.59. The number of amides is 2. The molecule has 0 heterocycles. The first-order valence-corrected chi connectivity index (χ1v) is 6.36. The standard InChI is InChI=1S/C13H24N2O4/c1-8(2)7-14-11(17)9(3)15-10(16)6-13(4,5)12(18)19/h8-9H,6-7H2,1-5H3,(H,14,17)(H,15,16)(H,18,19). The fourth-order valence-corrected chi connectivity index (χ4v) is 1.29. The van der Waals surface area contributed by atoms with E-state index in [4.69, 9.17) is 5.11 Å². The molecule has 2 amide bonds. The first kappa shape index (κ1) is 17.4. The maximum Gasteiger partial charge on any atom is 0.309 e. The number of carbonyl (C=O) groups is 3. The molecular weight excluding hydrogens is 248 g/mol. The van der Waals surface area contributed by atoms with Crippen LogP contribution in [0.2, 0.25) is 0 Å². The minimum atomic E-state index is -1.14. The lowest BCUT2D eigenvalue weighted by atomic mass is 9.89. The third-order valence-corrected chi connectivity index (χ3v) is 2.64. The van der Waals surface area contributed by atoms with Gasteiger partial charge < -0.3 is 15.7 Å². The van der Waals surface area contributed by atoms with Gasteiger partial charge in [-0.1, -0.05) is 13.8 Å². The number of nitrogens with one attached hydrogen (secondary N) is 2. The molecule has 1 unspecified atom stereocenters. The van der Waals surface area contributed by atoms with E-state index in [-0.39, 0.29) is 12.3 Å².